The monoisotopic (exact) mass is 209 g/mol. The highest BCUT2D eigenvalue weighted by Crippen LogP contribution is 2.23. The van der Waals surface area contributed by atoms with Crippen LogP contribution in [0.2, 0.25) is 0 Å². The Morgan fingerprint density at radius 1 is 1.36 bits per heavy atom. The topological polar surface area (TPSA) is 20.3 Å². The standard InChI is InChI=1S/C11H15NOS/c1-12-7-8-14(13)11(9-12)10-5-3-2-4-6-10/h2-6,11H,7-9H2,1H3/t11-,14?/m0/s1. The number of hydrogen-bond acceptors (Lipinski definition) is 2. The Hall–Kier alpha value is -0.670. The predicted molar refractivity (Wildman–Crippen MR) is 59.7 cm³/mol. The lowest BCUT2D eigenvalue weighted by Gasteiger charge is -2.29. The van der Waals surface area contributed by atoms with E-state index >= 15 is 0 Å². The van der Waals surface area contributed by atoms with Gasteiger partial charge in [0.05, 0.1) is 5.25 Å². The Balaban J connectivity index is 2.20. The van der Waals surface area contributed by atoms with Crippen molar-refractivity contribution in [3.63, 3.8) is 0 Å². The minimum Gasteiger partial charge on any atom is -0.304 e. The molecule has 1 heterocycles. The molecule has 2 atom stereocenters. The van der Waals surface area contributed by atoms with Crippen molar-refractivity contribution < 1.29 is 4.21 Å². The maximum absolute atomic E-state index is 11.8. The molecule has 1 unspecified atom stereocenters. The molecular weight excluding hydrogens is 194 g/mol. The number of benzene rings is 1. The average Bonchev–Trinajstić information content (AvgIpc) is 2.23. The van der Waals surface area contributed by atoms with Gasteiger partial charge < -0.3 is 4.90 Å². The van der Waals surface area contributed by atoms with Crippen LogP contribution in [0.15, 0.2) is 30.3 Å². The van der Waals surface area contributed by atoms with Crippen LogP contribution in [0.4, 0.5) is 0 Å². The first kappa shape index (κ1) is 9.87. The first-order valence-electron chi connectivity index (χ1n) is 4.88. The number of nitrogens with zero attached hydrogens (tertiary/aromatic N) is 1. The van der Waals surface area contributed by atoms with Crippen LogP contribution in [0.5, 0.6) is 0 Å². The molecule has 3 heteroatoms. The lowest BCUT2D eigenvalue weighted by molar-refractivity contribution is 0.341. The number of rotatable bonds is 1. The third-order valence-electron chi connectivity index (χ3n) is 2.64. The molecule has 0 aliphatic carbocycles. The van der Waals surface area contributed by atoms with Gasteiger partial charge in [-0.1, -0.05) is 30.3 Å². The molecule has 76 valence electrons. The van der Waals surface area contributed by atoms with E-state index < -0.39 is 10.8 Å². The Kier molecular flexibility index (Phi) is 2.99. The van der Waals surface area contributed by atoms with E-state index in [0.29, 0.717) is 0 Å². The molecule has 0 radical (unpaired) electrons. The lowest BCUT2D eigenvalue weighted by atomic mass is 10.1. The van der Waals surface area contributed by atoms with Gasteiger partial charge in [0.15, 0.2) is 0 Å². The van der Waals surface area contributed by atoms with Crippen LogP contribution in [0.25, 0.3) is 0 Å². The zero-order chi connectivity index (χ0) is 9.97. The van der Waals surface area contributed by atoms with E-state index in [1.54, 1.807) is 0 Å². The summed E-state index contributed by atoms with van der Waals surface area (Å²) < 4.78 is 11.8. The van der Waals surface area contributed by atoms with Crippen molar-refractivity contribution in [1.82, 2.24) is 4.90 Å². The van der Waals surface area contributed by atoms with Crippen LogP contribution in [0.1, 0.15) is 10.8 Å². The van der Waals surface area contributed by atoms with Crippen molar-refractivity contribution in [2.45, 2.75) is 5.25 Å². The van der Waals surface area contributed by atoms with Crippen molar-refractivity contribution in [1.29, 1.82) is 0 Å². The molecule has 14 heavy (non-hydrogen) atoms. The third kappa shape index (κ3) is 2.04. The summed E-state index contributed by atoms with van der Waals surface area (Å²) in [5.41, 5.74) is 1.21. The van der Waals surface area contributed by atoms with Crippen molar-refractivity contribution in [2.24, 2.45) is 0 Å². The van der Waals surface area contributed by atoms with E-state index in [1.165, 1.54) is 5.56 Å². The van der Waals surface area contributed by atoms with E-state index in [1.807, 2.05) is 18.2 Å². The quantitative estimate of drug-likeness (QED) is 0.697. The van der Waals surface area contributed by atoms with Crippen molar-refractivity contribution in [2.75, 3.05) is 25.9 Å². The normalized spacial score (nSPS) is 28.9. The van der Waals surface area contributed by atoms with E-state index in [4.69, 9.17) is 0 Å². The van der Waals surface area contributed by atoms with Crippen LogP contribution < -0.4 is 0 Å². The van der Waals surface area contributed by atoms with Gasteiger partial charge in [-0.15, -0.1) is 0 Å². The summed E-state index contributed by atoms with van der Waals surface area (Å²) in [4.78, 5) is 2.25. The van der Waals surface area contributed by atoms with E-state index in [9.17, 15) is 4.21 Å². The second-order valence-corrected chi connectivity index (χ2v) is 5.49. The highest BCUT2D eigenvalue weighted by molar-refractivity contribution is 7.85. The van der Waals surface area contributed by atoms with Gasteiger partial charge in [-0.05, 0) is 12.6 Å². The predicted octanol–water partition coefficient (Wildman–Crippen LogP) is 1.42. The van der Waals surface area contributed by atoms with Crippen molar-refractivity contribution >= 4 is 10.8 Å². The summed E-state index contributed by atoms with van der Waals surface area (Å²) in [7, 11) is 1.40. The molecule has 1 aliphatic heterocycles. The van der Waals surface area contributed by atoms with Gasteiger partial charge >= 0.3 is 0 Å². The highest BCUT2D eigenvalue weighted by Gasteiger charge is 2.24. The van der Waals surface area contributed by atoms with Gasteiger partial charge in [0.2, 0.25) is 0 Å². The third-order valence-corrected chi connectivity index (χ3v) is 4.28. The van der Waals surface area contributed by atoms with Crippen molar-refractivity contribution in [3.8, 4) is 0 Å². The van der Waals surface area contributed by atoms with Gasteiger partial charge in [0, 0.05) is 29.6 Å². The molecule has 2 nitrogen and oxygen atoms in total. The second-order valence-electron chi connectivity index (χ2n) is 3.75. The largest absolute Gasteiger partial charge is 0.304 e. The molecule has 1 aromatic rings. The maximum atomic E-state index is 11.8. The van der Waals surface area contributed by atoms with Gasteiger partial charge in [0.1, 0.15) is 0 Å². The molecule has 1 aliphatic rings. The lowest BCUT2D eigenvalue weighted by Crippen LogP contribution is -2.37. The Morgan fingerprint density at radius 3 is 2.79 bits per heavy atom. The van der Waals surface area contributed by atoms with Gasteiger partial charge in [-0.2, -0.15) is 0 Å². The van der Waals surface area contributed by atoms with E-state index in [0.717, 1.165) is 18.8 Å². The molecule has 0 bridgehead atoms. The van der Waals surface area contributed by atoms with Gasteiger partial charge in [0.25, 0.3) is 0 Å². The molecule has 0 spiro atoms. The molecule has 1 saturated heterocycles. The zero-order valence-electron chi connectivity index (χ0n) is 8.35. The van der Waals surface area contributed by atoms with Crippen LogP contribution in [-0.4, -0.2) is 35.0 Å². The summed E-state index contributed by atoms with van der Waals surface area (Å²) in [5, 5.41) is 0.204. The fraction of sp³-hybridized carbons (Fsp3) is 0.455. The van der Waals surface area contributed by atoms with E-state index in [2.05, 4.69) is 24.1 Å². The summed E-state index contributed by atoms with van der Waals surface area (Å²) in [5.74, 6) is 0.802. The van der Waals surface area contributed by atoms with E-state index in [-0.39, 0.29) is 5.25 Å². The average molecular weight is 209 g/mol. The minimum atomic E-state index is -0.691. The summed E-state index contributed by atoms with van der Waals surface area (Å²) in [6.45, 7) is 1.87. The van der Waals surface area contributed by atoms with Crippen LogP contribution in [0.3, 0.4) is 0 Å². The second kappa shape index (κ2) is 4.24. The fourth-order valence-corrected chi connectivity index (χ4v) is 3.43. The van der Waals surface area contributed by atoms with Gasteiger partial charge in [-0.3, -0.25) is 4.21 Å². The SMILES string of the molecule is CN1CCS(=O)[C@H](c2ccccc2)C1. The van der Waals surface area contributed by atoms with Crippen molar-refractivity contribution in [3.05, 3.63) is 35.9 Å². The Labute approximate surface area is 87.4 Å². The first-order chi connectivity index (χ1) is 6.77. The molecule has 0 N–H and O–H groups in total. The van der Waals surface area contributed by atoms with Gasteiger partial charge in [-0.25, -0.2) is 0 Å². The summed E-state index contributed by atoms with van der Waals surface area (Å²) >= 11 is 0. The Morgan fingerprint density at radius 2 is 2.07 bits per heavy atom. The molecule has 1 fully saturated rings. The summed E-state index contributed by atoms with van der Waals surface area (Å²) in [6, 6.07) is 10.2. The zero-order valence-corrected chi connectivity index (χ0v) is 9.17. The molecule has 1 aromatic carbocycles. The molecule has 0 amide bonds. The maximum Gasteiger partial charge on any atom is 0.0724 e. The molecular formula is C11H15NOS. The fourth-order valence-electron chi connectivity index (χ4n) is 1.77. The molecule has 0 saturated carbocycles. The molecule has 2 rings (SSSR count). The minimum absolute atomic E-state index is 0.204. The highest BCUT2D eigenvalue weighted by atomic mass is 32.2. The summed E-state index contributed by atoms with van der Waals surface area (Å²) in [6.07, 6.45) is 0. The number of hydrogen-bond donors (Lipinski definition) is 0. The first-order valence-corrected chi connectivity index (χ1v) is 6.26. The smallest absolute Gasteiger partial charge is 0.0724 e. The van der Waals surface area contributed by atoms with Crippen LogP contribution in [0, 0.1) is 0 Å². The van der Waals surface area contributed by atoms with Crippen LogP contribution >= 0.6 is 0 Å². The van der Waals surface area contributed by atoms with Crippen LogP contribution in [-0.2, 0) is 10.8 Å². The Bertz CT molecular complexity index is 325. The number of likely N-dealkylation sites (N-methyl/N-ethyl adjacent to an activating group) is 1. The molecule has 0 aromatic heterocycles.